The molecule has 1 aliphatic rings. The predicted molar refractivity (Wildman–Crippen MR) is 133 cm³/mol. The molecular weight excluding hydrogens is 412 g/mol. The molecule has 7 heteroatoms. The van der Waals surface area contributed by atoms with E-state index >= 15 is 0 Å². The highest BCUT2D eigenvalue weighted by atomic mass is 16.1. The Balaban J connectivity index is 1.54. The molecule has 0 radical (unpaired) electrons. The lowest BCUT2D eigenvalue weighted by atomic mass is 10.0. The Morgan fingerprint density at radius 2 is 1.91 bits per heavy atom. The summed E-state index contributed by atoms with van der Waals surface area (Å²) in [5, 5.41) is 0. The maximum atomic E-state index is 13.1. The maximum Gasteiger partial charge on any atom is 0.258 e. The Morgan fingerprint density at radius 1 is 1.09 bits per heavy atom. The first kappa shape index (κ1) is 21.6. The van der Waals surface area contributed by atoms with Gasteiger partial charge < -0.3 is 9.30 Å². The molecule has 5 heterocycles. The van der Waals surface area contributed by atoms with Gasteiger partial charge in [0.05, 0.1) is 17.1 Å². The molecule has 0 unspecified atom stereocenters. The van der Waals surface area contributed by atoms with Crippen LogP contribution in [0.5, 0.6) is 0 Å². The van der Waals surface area contributed by atoms with E-state index in [4.69, 9.17) is 4.98 Å². The molecule has 0 spiro atoms. The second-order valence-corrected chi connectivity index (χ2v) is 9.47. The molecule has 172 valence electrons. The zero-order valence-corrected chi connectivity index (χ0v) is 20.1. The smallest absolute Gasteiger partial charge is 0.258 e. The van der Waals surface area contributed by atoms with Gasteiger partial charge in [-0.1, -0.05) is 20.8 Å². The van der Waals surface area contributed by atoms with E-state index in [1.54, 1.807) is 10.5 Å². The van der Waals surface area contributed by atoms with Crippen molar-refractivity contribution in [3.05, 3.63) is 64.5 Å². The fraction of sp³-hybridized carbons (Fsp3) is 0.423. The highest BCUT2D eigenvalue weighted by molar-refractivity contribution is 5.67. The molecule has 0 saturated carbocycles. The third-order valence-corrected chi connectivity index (χ3v) is 6.80. The number of hydrogen-bond acceptors (Lipinski definition) is 5. The highest BCUT2D eigenvalue weighted by Gasteiger charge is 2.23. The van der Waals surface area contributed by atoms with Crippen molar-refractivity contribution in [2.75, 3.05) is 31.1 Å². The highest BCUT2D eigenvalue weighted by Crippen LogP contribution is 2.27. The molecule has 4 aromatic heterocycles. The van der Waals surface area contributed by atoms with Crippen molar-refractivity contribution in [3.8, 4) is 11.3 Å². The molecular formula is C26H32N6O. The monoisotopic (exact) mass is 444 g/mol. The standard InChI is InChI=1S/C26H32N6O/c1-6-29-9-10-30(14-19(29)5)21-7-8-24-28-23(12-25(33)32(24)16-21)20-11-22(17(2)3)26-27-18(4)13-31(26)15-20/h7-8,11-13,15-17,19H,6,9-10,14H2,1-5H3/t19-/m0/s1. The second-order valence-electron chi connectivity index (χ2n) is 9.47. The number of nitrogens with zero attached hydrogens (tertiary/aromatic N) is 6. The average molecular weight is 445 g/mol. The summed E-state index contributed by atoms with van der Waals surface area (Å²) in [7, 11) is 0. The van der Waals surface area contributed by atoms with E-state index < -0.39 is 0 Å². The van der Waals surface area contributed by atoms with Crippen molar-refractivity contribution < 1.29 is 0 Å². The van der Waals surface area contributed by atoms with Crippen molar-refractivity contribution in [1.29, 1.82) is 0 Å². The van der Waals surface area contributed by atoms with Crippen LogP contribution in [0.2, 0.25) is 0 Å². The summed E-state index contributed by atoms with van der Waals surface area (Å²) in [5.74, 6) is 0.314. The summed E-state index contributed by atoms with van der Waals surface area (Å²) in [4.78, 5) is 27.5. The van der Waals surface area contributed by atoms with Gasteiger partial charge in [0, 0.05) is 55.9 Å². The average Bonchev–Trinajstić information content (AvgIpc) is 3.18. The van der Waals surface area contributed by atoms with E-state index in [1.807, 2.05) is 36.0 Å². The van der Waals surface area contributed by atoms with Crippen LogP contribution in [0.15, 0.2) is 47.7 Å². The number of imidazole rings is 1. The molecule has 0 aliphatic carbocycles. The summed E-state index contributed by atoms with van der Waals surface area (Å²) in [6.45, 7) is 14.8. The van der Waals surface area contributed by atoms with Crippen molar-refractivity contribution in [3.63, 3.8) is 0 Å². The van der Waals surface area contributed by atoms with Crippen LogP contribution in [0.3, 0.4) is 0 Å². The van der Waals surface area contributed by atoms with Crippen molar-refractivity contribution >= 4 is 17.0 Å². The summed E-state index contributed by atoms with van der Waals surface area (Å²) < 4.78 is 3.71. The lowest BCUT2D eigenvalue weighted by molar-refractivity contribution is 0.199. The fourth-order valence-corrected chi connectivity index (χ4v) is 4.94. The van der Waals surface area contributed by atoms with E-state index in [2.05, 4.69) is 54.6 Å². The molecule has 7 nitrogen and oxygen atoms in total. The van der Waals surface area contributed by atoms with Gasteiger partial charge in [0.2, 0.25) is 0 Å². The minimum atomic E-state index is -0.0647. The van der Waals surface area contributed by atoms with Crippen molar-refractivity contribution in [1.82, 2.24) is 23.7 Å². The minimum Gasteiger partial charge on any atom is -0.367 e. The largest absolute Gasteiger partial charge is 0.367 e. The third kappa shape index (κ3) is 3.91. The van der Waals surface area contributed by atoms with Gasteiger partial charge in [-0.05, 0) is 50.1 Å². The first-order valence-electron chi connectivity index (χ1n) is 11.9. The summed E-state index contributed by atoms with van der Waals surface area (Å²) in [5.41, 5.74) is 6.37. The molecule has 1 fully saturated rings. The topological polar surface area (TPSA) is 58.2 Å². The fourth-order valence-electron chi connectivity index (χ4n) is 4.94. The molecule has 0 amide bonds. The van der Waals surface area contributed by atoms with Crippen LogP contribution in [-0.2, 0) is 0 Å². The van der Waals surface area contributed by atoms with E-state index in [-0.39, 0.29) is 5.56 Å². The summed E-state index contributed by atoms with van der Waals surface area (Å²) in [6, 6.07) is 8.30. The Kier molecular flexibility index (Phi) is 5.44. The zero-order chi connectivity index (χ0) is 23.3. The number of anilines is 1. The lowest BCUT2D eigenvalue weighted by Crippen LogP contribution is -2.51. The molecule has 4 aromatic rings. The molecule has 1 aliphatic heterocycles. The van der Waals surface area contributed by atoms with Crippen LogP contribution in [0.4, 0.5) is 5.69 Å². The Morgan fingerprint density at radius 3 is 2.64 bits per heavy atom. The zero-order valence-electron chi connectivity index (χ0n) is 20.1. The summed E-state index contributed by atoms with van der Waals surface area (Å²) in [6.07, 6.45) is 5.97. The Labute approximate surface area is 194 Å². The van der Waals surface area contributed by atoms with Gasteiger partial charge in [-0.15, -0.1) is 0 Å². The van der Waals surface area contributed by atoms with Crippen LogP contribution in [-0.4, -0.2) is 55.9 Å². The van der Waals surface area contributed by atoms with E-state index in [1.165, 1.54) is 0 Å². The van der Waals surface area contributed by atoms with E-state index in [0.29, 0.717) is 23.3 Å². The molecule has 0 bridgehead atoms. The maximum absolute atomic E-state index is 13.1. The van der Waals surface area contributed by atoms with Gasteiger partial charge >= 0.3 is 0 Å². The number of aromatic nitrogens is 4. The van der Waals surface area contributed by atoms with E-state index in [9.17, 15) is 4.79 Å². The molecule has 1 saturated heterocycles. The quantitative estimate of drug-likeness (QED) is 0.477. The van der Waals surface area contributed by atoms with Crippen molar-refractivity contribution in [2.45, 2.75) is 46.6 Å². The third-order valence-electron chi connectivity index (χ3n) is 6.80. The van der Waals surface area contributed by atoms with Crippen LogP contribution >= 0.6 is 0 Å². The SMILES string of the molecule is CCN1CCN(c2ccc3nc(-c4cc(C(C)C)c5nc(C)cn5c4)cc(=O)n3c2)C[C@@H]1C. The number of piperazine rings is 1. The van der Waals surface area contributed by atoms with Gasteiger partial charge in [0.25, 0.3) is 5.56 Å². The molecule has 5 rings (SSSR count). The predicted octanol–water partition coefficient (Wildman–Crippen LogP) is 3.97. The van der Waals surface area contributed by atoms with Crippen LogP contribution in [0.25, 0.3) is 22.6 Å². The summed E-state index contributed by atoms with van der Waals surface area (Å²) >= 11 is 0. The Hall–Kier alpha value is -3.19. The van der Waals surface area contributed by atoms with Crippen molar-refractivity contribution in [2.24, 2.45) is 0 Å². The molecule has 1 atom stereocenters. The number of likely N-dealkylation sites (N-methyl/N-ethyl adjacent to an activating group) is 1. The van der Waals surface area contributed by atoms with Crippen LogP contribution in [0.1, 0.15) is 44.9 Å². The van der Waals surface area contributed by atoms with Gasteiger partial charge in [-0.25, -0.2) is 9.97 Å². The Bertz CT molecular complexity index is 1390. The molecule has 0 aromatic carbocycles. The van der Waals surface area contributed by atoms with Gasteiger partial charge in [-0.3, -0.25) is 14.1 Å². The minimum absolute atomic E-state index is 0.0647. The number of rotatable bonds is 4. The normalized spacial score (nSPS) is 17.5. The van der Waals surface area contributed by atoms with Gasteiger partial charge in [0.15, 0.2) is 0 Å². The second kappa shape index (κ2) is 8.30. The van der Waals surface area contributed by atoms with Gasteiger partial charge in [-0.2, -0.15) is 0 Å². The molecule has 0 N–H and O–H groups in total. The van der Waals surface area contributed by atoms with Crippen LogP contribution < -0.4 is 10.5 Å². The first-order chi connectivity index (χ1) is 15.8. The number of hydrogen-bond donors (Lipinski definition) is 0. The number of fused-ring (bicyclic) bond motifs is 2. The lowest BCUT2D eigenvalue weighted by Gasteiger charge is -2.40. The number of aryl methyl sites for hydroxylation is 1. The van der Waals surface area contributed by atoms with Gasteiger partial charge in [0.1, 0.15) is 11.3 Å². The van der Waals surface area contributed by atoms with Crippen LogP contribution in [0, 0.1) is 6.92 Å². The number of pyridine rings is 2. The van der Waals surface area contributed by atoms with E-state index in [0.717, 1.165) is 54.3 Å². The molecule has 33 heavy (non-hydrogen) atoms. The first-order valence-corrected chi connectivity index (χ1v) is 11.9.